The Kier molecular flexibility index (Phi) is 17.3. The number of rotatable bonds is 21. The molecule has 1 saturated heterocycles. The van der Waals surface area contributed by atoms with E-state index in [9.17, 15) is 9.90 Å². The van der Waals surface area contributed by atoms with Crippen LogP contribution in [-0.2, 0) is 9.53 Å². The average molecular weight is 440 g/mol. The first-order valence-corrected chi connectivity index (χ1v) is 13.8. The van der Waals surface area contributed by atoms with Crippen LogP contribution in [0.2, 0.25) is 0 Å². The number of carbonyl (C=O) groups excluding carboxylic acids is 1. The number of quaternary nitrogens is 1. The molecular weight excluding hydrogens is 386 g/mol. The average Bonchev–Trinajstić information content (AvgIpc) is 2.78. The number of hydrogen-bond acceptors (Lipinski definition) is 3. The minimum atomic E-state index is -0.937. The molecule has 184 valence electrons. The number of piperidine rings is 1. The molecule has 1 rings (SSSR count). The Morgan fingerprint density at radius 2 is 1.16 bits per heavy atom. The second-order valence-corrected chi connectivity index (χ2v) is 10.1. The lowest BCUT2D eigenvalue weighted by atomic mass is 10.0. The molecule has 0 bridgehead atoms. The topological polar surface area (TPSA) is 49.4 Å². The number of carbonyl (C=O) groups is 1. The normalized spacial score (nSPS) is 17.0. The van der Waals surface area contributed by atoms with Gasteiger partial charge in [0.05, 0.1) is 25.7 Å². The van der Waals surface area contributed by atoms with Crippen LogP contribution in [0.5, 0.6) is 0 Å². The van der Waals surface area contributed by atoms with Crippen LogP contribution >= 0.6 is 0 Å². The lowest BCUT2D eigenvalue weighted by Gasteiger charge is -2.45. The summed E-state index contributed by atoms with van der Waals surface area (Å²) in [5.41, 5.74) is 0. The quantitative estimate of drug-likeness (QED) is 0.154. The Balaban J connectivity index is 1.88. The molecule has 0 aromatic heterocycles. The largest absolute Gasteiger partial charge is 0.544 e. The molecule has 1 unspecified atom stereocenters. The highest BCUT2D eigenvalue weighted by atomic mass is 16.5. The van der Waals surface area contributed by atoms with Crippen LogP contribution in [0.3, 0.4) is 0 Å². The van der Waals surface area contributed by atoms with Crippen molar-refractivity contribution in [3.63, 3.8) is 0 Å². The lowest BCUT2D eigenvalue weighted by molar-refractivity contribution is -0.964. The lowest BCUT2D eigenvalue weighted by Crippen LogP contribution is -2.63. The van der Waals surface area contributed by atoms with E-state index in [4.69, 9.17) is 4.74 Å². The van der Waals surface area contributed by atoms with Gasteiger partial charge in [0.15, 0.2) is 6.73 Å². The van der Waals surface area contributed by atoms with Crippen LogP contribution in [0.25, 0.3) is 0 Å². The van der Waals surface area contributed by atoms with Gasteiger partial charge in [-0.25, -0.2) is 0 Å². The van der Waals surface area contributed by atoms with Crippen LogP contribution in [-0.4, -0.2) is 42.9 Å². The third-order valence-electron chi connectivity index (χ3n) is 7.36. The minimum absolute atomic E-state index is 0.467. The van der Waals surface area contributed by atoms with Gasteiger partial charge in [-0.3, -0.25) is 4.48 Å². The van der Waals surface area contributed by atoms with Crippen molar-refractivity contribution < 1.29 is 19.1 Å². The van der Waals surface area contributed by atoms with Crippen molar-refractivity contribution in [1.82, 2.24) is 0 Å². The van der Waals surface area contributed by atoms with Gasteiger partial charge < -0.3 is 14.6 Å². The molecule has 1 heterocycles. The zero-order valence-corrected chi connectivity index (χ0v) is 21.0. The highest BCUT2D eigenvalue weighted by Crippen LogP contribution is 2.23. The van der Waals surface area contributed by atoms with Crippen molar-refractivity contribution in [3.8, 4) is 0 Å². The smallest absolute Gasteiger partial charge is 0.183 e. The van der Waals surface area contributed by atoms with E-state index in [1.807, 2.05) is 0 Å². The van der Waals surface area contributed by atoms with Gasteiger partial charge >= 0.3 is 0 Å². The molecule has 0 saturated carbocycles. The summed E-state index contributed by atoms with van der Waals surface area (Å²) in [4.78, 5) is 11.4. The van der Waals surface area contributed by atoms with E-state index in [0.717, 1.165) is 39.0 Å². The summed E-state index contributed by atoms with van der Waals surface area (Å²) in [6.07, 6.45) is 25.4. The van der Waals surface area contributed by atoms with Crippen molar-refractivity contribution in [2.24, 2.45) is 0 Å². The number of carboxylic acids is 1. The Bertz CT molecular complexity index is 421. The molecule has 0 spiro atoms. The number of aliphatic carboxylic acids is 1. The van der Waals surface area contributed by atoms with Gasteiger partial charge in [0.25, 0.3) is 0 Å². The Hall–Kier alpha value is -0.610. The van der Waals surface area contributed by atoms with E-state index in [1.54, 1.807) is 6.92 Å². The zero-order valence-electron chi connectivity index (χ0n) is 21.0. The van der Waals surface area contributed by atoms with Crippen molar-refractivity contribution in [1.29, 1.82) is 0 Å². The maximum absolute atomic E-state index is 11.4. The first-order valence-electron chi connectivity index (χ1n) is 13.8. The summed E-state index contributed by atoms with van der Waals surface area (Å²) >= 11 is 0. The summed E-state index contributed by atoms with van der Waals surface area (Å²) in [6.45, 7) is 7.19. The number of unbranched alkanes of at least 4 members (excludes halogenated alkanes) is 15. The first-order chi connectivity index (χ1) is 15.1. The fraction of sp³-hybridized carbons (Fsp3) is 0.963. The molecule has 0 aliphatic carbocycles. The number of nitrogens with zero attached hydrogens (tertiary/aromatic N) is 1. The third-order valence-corrected chi connectivity index (χ3v) is 7.36. The molecular formula is C27H53NO3. The minimum Gasteiger partial charge on any atom is -0.544 e. The number of likely N-dealkylation sites (tertiary alicyclic amines) is 1. The Labute approximate surface area is 193 Å². The highest BCUT2D eigenvalue weighted by molar-refractivity contribution is 5.69. The molecule has 1 aliphatic rings. The molecule has 0 amide bonds. The second kappa shape index (κ2) is 18.9. The maximum Gasteiger partial charge on any atom is 0.183 e. The fourth-order valence-corrected chi connectivity index (χ4v) is 4.99. The van der Waals surface area contributed by atoms with Gasteiger partial charge in [-0.2, -0.15) is 0 Å². The van der Waals surface area contributed by atoms with E-state index in [0.29, 0.717) is 11.2 Å². The molecule has 1 fully saturated rings. The van der Waals surface area contributed by atoms with Gasteiger partial charge in [0.1, 0.15) is 6.04 Å². The molecule has 4 heteroatoms. The summed E-state index contributed by atoms with van der Waals surface area (Å²) in [7, 11) is 0. The summed E-state index contributed by atoms with van der Waals surface area (Å²) < 4.78 is 6.50. The maximum atomic E-state index is 11.4. The van der Waals surface area contributed by atoms with E-state index >= 15 is 0 Å². The summed E-state index contributed by atoms with van der Waals surface area (Å²) in [5, 5.41) is 11.4. The SMILES string of the molecule is CCCCCCCCCCCCCCCCCCOC[N+]1(C(C)C(=O)[O-])CCCCC1. The standard InChI is InChI=1S/C27H53NO3/c1-3-4-5-6-7-8-9-10-11-12-13-14-15-16-17-21-24-31-25-28(26(2)27(29)30)22-19-18-20-23-28/h26H,3-25H2,1-2H3. The van der Waals surface area contributed by atoms with E-state index in [2.05, 4.69) is 6.92 Å². The number of ether oxygens (including phenoxy) is 1. The van der Waals surface area contributed by atoms with Crippen molar-refractivity contribution in [2.75, 3.05) is 26.4 Å². The van der Waals surface area contributed by atoms with Gasteiger partial charge in [0.2, 0.25) is 0 Å². The highest BCUT2D eigenvalue weighted by Gasteiger charge is 2.36. The molecule has 0 radical (unpaired) electrons. The zero-order chi connectivity index (χ0) is 22.6. The van der Waals surface area contributed by atoms with Crippen molar-refractivity contribution in [3.05, 3.63) is 0 Å². The van der Waals surface area contributed by atoms with Crippen LogP contribution in [0.4, 0.5) is 0 Å². The van der Waals surface area contributed by atoms with Crippen molar-refractivity contribution in [2.45, 2.75) is 142 Å². The molecule has 0 N–H and O–H groups in total. The van der Waals surface area contributed by atoms with Gasteiger partial charge in [-0.1, -0.05) is 103 Å². The fourth-order valence-electron chi connectivity index (χ4n) is 4.99. The van der Waals surface area contributed by atoms with Gasteiger partial charge in [-0.05, 0) is 32.6 Å². The predicted molar refractivity (Wildman–Crippen MR) is 129 cm³/mol. The van der Waals surface area contributed by atoms with E-state index in [-0.39, 0.29) is 0 Å². The van der Waals surface area contributed by atoms with E-state index in [1.165, 1.54) is 103 Å². The molecule has 0 aromatic carbocycles. The summed E-state index contributed by atoms with van der Waals surface area (Å²) in [6, 6.07) is -0.467. The first kappa shape index (κ1) is 28.4. The molecule has 4 nitrogen and oxygen atoms in total. The molecule has 0 aromatic rings. The number of carboxylic acid groups (broad SMARTS) is 1. The Morgan fingerprint density at radius 3 is 1.58 bits per heavy atom. The van der Waals surface area contributed by atoms with Crippen LogP contribution < -0.4 is 5.11 Å². The van der Waals surface area contributed by atoms with Gasteiger partial charge in [0, 0.05) is 0 Å². The number of hydrogen-bond donors (Lipinski definition) is 0. The van der Waals surface area contributed by atoms with Crippen LogP contribution in [0.15, 0.2) is 0 Å². The second-order valence-electron chi connectivity index (χ2n) is 10.1. The molecule has 31 heavy (non-hydrogen) atoms. The monoisotopic (exact) mass is 439 g/mol. The van der Waals surface area contributed by atoms with E-state index < -0.39 is 12.0 Å². The van der Waals surface area contributed by atoms with Crippen molar-refractivity contribution >= 4 is 5.97 Å². The molecule has 1 aliphatic heterocycles. The summed E-state index contributed by atoms with van der Waals surface area (Å²) in [5.74, 6) is -0.937. The Morgan fingerprint density at radius 1 is 0.742 bits per heavy atom. The predicted octanol–water partition coefficient (Wildman–Crippen LogP) is 6.36. The van der Waals surface area contributed by atoms with Gasteiger partial charge in [-0.15, -0.1) is 0 Å². The van der Waals surface area contributed by atoms with Crippen LogP contribution in [0.1, 0.15) is 136 Å². The molecule has 1 atom stereocenters. The van der Waals surface area contributed by atoms with Crippen LogP contribution in [0, 0.1) is 0 Å². The third kappa shape index (κ3) is 13.5.